The summed E-state index contributed by atoms with van der Waals surface area (Å²) in [5, 5.41) is 1.17. The molecule has 0 fully saturated rings. The lowest BCUT2D eigenvalue weighted by Crippen LogP contribution is -1.91. The molecule has 2 rings (SSSR count). The van der Waals surface area contributed by atoms with Crippen molar-refractivity contribution in [1.29, 1.82) is 0 Å². The second-order valence-electron chi connectivity index (χ2n) is 3.48. The second kappa shape index (κ2) is 4.09. The summed E-state index contributed by atoms with van der Waals surface area (Å²) in [7, 11) is 1.63. The van der Waals surface area contributed by atoms with Gasteiger partial charge in [0.05, 0.1) is 5.52 Å². The number of fused-ring (bicyclic) bond motifs is 1. The van der Waals surface area contributed by atoms with Crippen molar-refractivity contribution < 1.29 is 0 Å². The van der Waals surface area contributed by atoms with Crippen LogP contribution >= 0.6 is 30.3 Å². The van der Waals surface area contributed by atoms with E-state index < -0.39 is 0 Å². The zero-order valence-electron chi connectivity index (χ0n) is 8.33. The van der Waals surface area contributed by atoms with Gasteiger partial charge in [0.25, 0.3) is 0 Å². The molecule has 0 bridgehead atoms. The van der Waals surface area contributed by atoms with Crippen LogP contribution in [0.15, 0.2) is 31.0 Å². The molecule has 0 aliphatic heterocycles. The third-order valence-electron chi connectivity index (χ3n) is 2.35. The summed E-state index contributed by atoms with van der Waals surface area (Å²) < 4.78 is 2.10. The summed E-state index contributed by atoms with van der Waals surface area (Å²) in [6, 6.07) is 6.36. The number of hydrogen-bond donors (Lipinski definition) is 1. The SMILES string of the molecule is C=C(N)c1cn(SI)c2ccc(C)cc12. The van der Waals surface area contributed by atoms with E-state index in [9.17, 15) is 0 Å². The number of nitrogens with zero attached hydrogens (tertiary/aromatic N) is 1. The lowest BCUT2D eigenvalue weighted by Gasteiger charge is -1.98. The molecule has 0 spiro atoms. The van der Waals surface area contributed by atoms with Gasteiger partial charge in [-0.15, -0.1) is 0 Å². The molecule has 0 aliphatic rings. The Morgan fingerprint density at radius 2 is 2.27 bits per heavy atom. The number of hydrogen-bond acceptors (Lipinski definition) is 2. The third kappa shape index (κ3) is 1.88. The quantitative estimate of drug-likeness (QED) is 0.851. The summed E-state index contributed by atoms with van der Waals surface area (Å²) in [6.07, 6.45) is 2.03. The molecule has 2 nitrogen and oxygen atoms in total. The smallest absolute Gasteiger partial charge is 0.0605 e. The molecule has 2 aromatic rings. The molecule has 4 heteroatoms. The van der Waals surface area contributed by atoms with Crippen LogP contribution in [0.1, 0.15) is 11.1 Å². The maximum Gasteiger partial charge on any atom is 0.0605 e. The first-order valence-corrected chi connectivity index (χ1v) is 7.80. The van der Waals surface area contributed by atoms with Crippen LogP contribution in [0.2, 0.25) is 0 Å². The molecule has 0 radical (unpaired) electrons. The maximum atomic E-state index is 5.78. The van der Waals surface area contributed by atoms with Crippen LogP contribution in [0.25, 0.3) is 16.6 Å². The Hall–Kier alpha value is -0.620. The van der Waals surface area contributed by atoms with Crippen molar-refractivity contribution >= 4 is 46.9 Å². The predicted molar refractivity (Wildman–Crippen MR) is 76.9 cm³/mol. The Morgan fingerprint density at radius 1 is 1.53 bits per heavy atom. The van der Waals surface area contributed by atoms with Gasteiger partial charge in [0, 0.05) is 53.2 Å². The first kappa shape index (κ1) is 10.9. The van der Waals surface area contributed by atoms with Crippen molar-refractivity contribution in [1.82, 2.24) is 3.97 Å². The van der Waals surface area contributed by atoms with Gasteiger partial charge >= 0.3 is 0 Å². The van der Waals surface area contributed by atoms with E-state index >= 15 is 0 Å². The van der Waals surface area contributed by atoms with Crippen LogP contribution in [0, 0.1) is 6.92 Å². The van der Waals surface area contributed by atoms with Crippen LogP contribution in [-0.4, -0.2) is 3.97 Å². The summed E-state index contributed by atoms with van der Waals surface area (Å²) >= 11 is 2.26. The van der Waals surface area contributed by atoms with Gasteiger partial charge in [0.1, 0.15) is 0 Å². The number of nitrogens with two attached hydrogens (primary N) is 1. The zero-order valence-corrected chi connectivity index (χ0v) is 11.3. The maximum absolute atomic E-state index is 5.78. The lowest BCUT2D eigenvalue weighted by molar-refractivity contribution is 1.35. The summed E-state index contributed by atoms with van der Waals surface area (Å²) in [6.45, 7) is 5.89. The molecule has 0 unspecified atom stereocenters. The van der Waals surface area contributed by atoms with Crippen LogP contribution in [-0.2, 0) is 0 Å². The van der Waals surface area contributed by atoms with Gasteiger partial charge in [0.15, 0.2) is 0 Å². The van der Waals surface area contributed by atoms with Crippen molar-refractivity contribution in [3.8, 4) is 0 Å². The number of aryl methyl sites for hydroxylation is 1. The van der Waals surface area contributed by atoms with Crippen molar-refractivity contribution in [2.24, 2.45) is 5.73 Å². The van der Waals surface area contributed by atoms with E-state index in [0.29, 0.717) is 5.70 Å². The molecule has 0 atom stereocenters. The minimum atomic E-state index is 0.620. The minimum absolute atomic E-state index is 0.620. The van der Waals surface area contributed by atoms with Crippen LogP contribution in [0.4, 0.5) is 0 Å². The van der Waals surface area contributed by atoms with E-state index in [-0.39, 0.29) is 0 Å². The standard InChI is InChI=1S/C11H11IN2S/c1-7-3-4-11-9(5-7)10(8(2)13)6-14(11)15-12/h3-6H,2,13H2,1H3. The van der Waals surface area contributed by atoms with E-state index in [2.05, 4.69) is 56.9 Å². The van der Waals surface area contributed by atoms with Gasteiger partial charge in [-0.05, 0) is 19.1 Å². The Kier molecular flexibility index (Phi) is 2.97. The molecule has 78 valence electrons. The van der Waals surface area contributed by atoms with Crippen LogP contribution in [0.5, 0.6) is 0 Å². The Bertz CT molecular complexity index is 531. The molecule has 0 aliphatic carbocycles. The fraction of sp³-hybridized carbons (Fsp3) is 0.0909. The first-order valence-electron chi connectivity index (χ1n) is 4.49. The van der Waals surface area contributed by atoms with Crippen LogP contribution < -0.4 is 5.73 Å². The van der Waals surface area contributed by atoms with E-state index in [1.165, 1.54) is 16.5 Å². The van der Waals surface area contributed by atoms with Gasteiger partial charge < -0.3 is 5.73 Å². The van der Waals surface area contributed by atoms with E-state index in [4.69, 9.17) is 5.73 Å². The molecule has 1 aromatic carbocycles. The minimum Gasteiger partial charge on any atom is -0.399 e. The number of aromatic nitrogens is 1. The molecule has 0 amide bonds. The van der Waals surface area contributed by atoms with E-state index in [1.54, 1.807) is 9.12 Å². The van der Waals surface area contributed by atoms with E-state index in [1.807, 2.05) is 6.20 Å². The monoisotopic (exact) mass is 330 g/mol. The van der Waals surface area contributed by atoms with Crippen molar-refractivity contribution in [3.05, 3.63) is 42.1 Å². The highest BCUT2D eigenvalue weighted by atomic mass is 127. The first-order chi connectivity index (χ1) is 7.13. The van der Waals surface area contributed by atoms with Crippen molar-refractivity contribution in [2.45, 2.75) is 6.92 Å². The number of benzene rings is 1. The highest BCUT2D eigenvalue weighted by Gasteiger charge is 2.09. The van der Waals surface area contributed by atoms with Crippen molar-refractivity contribution in [2.75, 3.05) is 0 Å². The average Bonchev–Trinajstić information content (AvgIpc) is 2.55. The number of rotatable bonds is 2. The Labute approximate surface area is 105 Å². The average molecular weight is 330 g/mol. The highest BCUT2D eigenvalue weighted by Crippen LogP contribution is 2.30. The molecular formula is C11H11IN2S. The van der Waals surface area contributed by atoms with Gasteiger partial charge in [-0.1, -0.05) is 18.2 Å². The second-order valence-corrected chi connectivity index (χ2v) is 5.20. The molecule has 1 heterocycles. The molecule has 0 saturated carbocycles. The molecule has 2 N–H and O–H groups in total. The van der Waals surface area contributed by atoms with E-state index in [0.717, 1.165) is 5.56 Å². The topological polar surface area (TPSA) is 30.9 Å². The highest BCUT2D eigenvalue weighted by molar-refractivity contribution is 14.2. The zero-order chi connectivity index (χ0) is 11.0. The molecule has 1 aromatic heterocycles. The Morgan fingerprint density at radius 3 is 2.87 bits per heavy atom. The molecule has 0 saturated heterocycles. The molecular weight excluding hydrogens is 319 g/mol. The van der Waals surface area contributed by atoms with Gasteiger partial charge in [0.2, 0.25) is 0 Å². The van der Waals surface area contributed by atoms with Gasteiger partial charge in [-0.2, -0.15) is 0 Å². The third-order valence-corrected chi connectivity index (χ3v) is 4.07. The normalized spacial score (nSPS) is 10.8. The molecule has 15 heavy (non-hydrogen) atoms. The summed E-state index contributed by atoms with van der Waals surface area (Å²) in [5.41, 5.74) is 9.84. The summed E-state index contributed by atoms with van der Waals surface area (Å²) in [4.78, 5) is 0. The largest absolute Gasteiger partial charge is 0.399 e. The van der Waals surface area contributed by atoms with Gasteiger partial charge in [-0.3, -0.25) is 3.97 Å². The lowest BCUT2D eigenvalue weighted by atomic mass is 10.1. The fourth-order valence-electron chi connectivity index (χ4n) is 1.63. The predicted octanol–water partition coefficient (Wildman–Crippen LogP) is 3.73. The number of halogens is 1. The van der Waals surface area contributed by atoms with Crippen LogP contribution in [0.3, 0.4) is 0 Å². The van der Waals surface area contributed by atoms with Gasteiger partial charge in [-0.25, -0.2) is 0 Å². The Balaban J connectivity index is 2.81. The fourth-order valence-corrected chi connectivity index (χ4v) is 2.98. The van der Waals surface area contributed by atoms with Crippen molar-refractivity contribution in [3.63, 3.8) is 0 Å². The summed E-state index contributed by atoms with van der Waals surface area (Å²) in [5.74, 6) is 0.